The van der Waals surface area contributed by atoms with Crippen LogP contribution in [-0.4, -0.2) is 29.2 Å². The number of carbonyl (C=O) groups is 3. The first-order valence-electron chi connectivity index (χ1n) is 10.5. The maximum absolute atomic E-state index is 12.8. The molecule has 3 aromatic carbocycles. The molecule has 0 atom stereocenters. The second-order valence-corrected chi connectivity index (χ2v) is 8.09. The fourth-order valence-electron chi connectivity index (χ4n) is 3.52. The van der Waals surface area contributed by atoms with Crippen LogP contribution in [0.2, 0.25) is 0 Å². The van der Waals surface area contributed by atoms with Crippen LogP contribution in [0.5, 0.6) is 0 Å². The second-order valence-electron chi connectivity index (χ2n) is 7.71. The predicted octanol–water partition coefficient (Wildman–Crippen LogP) is 4.72. The first kappa shape index (κ1) is 22.3. The molecule has 0 saturated carbocycles. The van der Waals surface area contributed by atoms with Crippen LogP contribution < -0.4 is 10.6 Å². The third-order valence-corrected chi connectivity index (χ3v) is 5.62. The summed E-state index contributed by atoms with van der Waals surface area (Å²) in [7, 11) is 0. The lowest BCUT2D eigenvalue weighted by molar-refractivity contribution is -0.137. The van der Waals surface area contributed by atoms with E-state index in [0.717, 1.165) is 16.0 Å². The van der Waals surface area contributed by atoms with Gasteiger partial charge in [-0.25, -0.2) is 0 Å². The van der Waals surface area contributed by atoms with Gasteiger partial charge in [0, 0.05) is 23.5 Å². The number of nitrogens with one attached hydrogen (secondary N) is 2. The molecule has 7 heteroatoms. The highest BCUT2D eigenvalue weighted by Gasteiger charge is 2.37. The second kappa shape index (κ2) is 9.71. The van der Waals surface area contributed by atoms with Gasteiger partial charge in [0.15, 0.2) is 0 Å². The summed E-state index contributed by atoms with van der Waals surface area (Å²) in [4.78, 5) is 38.9. The number of anilines is 2. The van der Waals surface area contributed by atoms with Gasteiger partial charge in [-0.05, 0) is 60.9 Å². The summed E-state index contributed by atoms with van der Waals surface area (Å²) >= 11 is 6.18. The molecule has 166 valence electrons. The summed E-state index contributed by atoms with van der Waals surface area (Å²) in [5.41, 5.74) is 3.82. The third-order valence-electron chi connectivity index (χ3n) is 5.27. The van der Waals surface area contributed by atoms with Crippen molar-refractivity contribution in [2.45, 2.75) is 13.3 Å². The van der Waals surface area contributed by atoms with Crippen LogP contribution in [0.1, 0.15) is 21.5 Å². The van der Waals surface area contributed by atoms with Crippen LogP contribution in [-0.2, 0) is 16.0 Å². The lowest BCUT2D eigenvalue weighted by Crippen LogP contribution is -2.34. The predicted molar refractivity (Wildman–Crippen MR) is 129 cm³/mol. The van der Waals surface area contributed by atoms with Crippen molar-refractivity contribution in [3.63, 3.8) is 0 Å². The quantitative estimate of drug-likeness (QED) is 0.501. The van der Waals surface area contributed by atoms with E-state index in [2.05, 4.69) is 10.6 Å². The molecule has 3 aromatic rings. The van der Waals surface area contributed by atoms with Gasteiger partial charge in [0.2, 0.25) is 0 Å². The average Bonchev–Trinajstić information content (AvgIpc) is 3.01. The number of hydrogen-bond acceptors (Lipinski definition) is 4. The molecule has 0 saturated heterocycles. The van der Waals surface area contributed by atoms with Crippen molar-refractivity contribution in [3.8, 4) is 0 Å². The maximum atomic E-state index is 12.8. The number of benzene rings is 3. The standard InChI is InChI=1S/C26H22ClN3O3/c1-17-6-5-9-21(16-17)29-24(31)19-10-12-20(13-11-19)28-23-22(27)25(32)30(26(23)33)15-14-18-7-3-2-4-8-18/h2-13,16,28H,14-15H2,1H3,(H,29,31). The minimum absolute atomic E-state index is 0.0340. The summed E-state index contributed by atoms with van der Waals surface area (Å²) in [6, 6.07) is 23.7. The van der Waals surface area contributed by atoms with Gasteiger partial charge < -0.3 is 10.6 Å². The Morgan fingerprint density at radius 2 is 1.61 bits per heavy atom. The van der Waals surface area contributed by atoms with Gasteiger partial charge in [-0.2, -0.15) is 0 Å². The molecule has 1 heterocycles. The largest absolute Gasteiger partial charge is 0.350 e. The number of carbonyl (C=O) groups excluding carboxylic acids is 3. The molecule has 0 spiro atoms. The van der Waals surface area contributed by atoms with Crippen molar-refractivity contribution < 1.29 is 14.4 Å². The number of halogens is 1. The normalized spacial score (nSPS) is 13.5. The Balaban J connectivity index is 1.40. The van der Waals surface area contributed by atoms with Crippen LogP contribution in [0.3, 0.4) is 0 Å². The molecule has 3 amide bonds. The highest BCUT2D eigenvalue weighted by atomic mass is 35.5. The number of rotatable bonds is 7. The molecule has 33 heavy (non-hydrogen) atoms. The molecular formula is C26H22ClN3O3. The number of imide groups is 1. The number of amides is 3. The lowest BCUT2D eigenvalue weighted by atomic mass is 10.1. The van der Waals surface area contributed by atoms with Gasteiger partial charge in [0.1, 0.15) is 10.7 Å². The van der Waals surface area contributed by atoms with E-state index < -0.39 is 11.8 Å². The molecule has 0 fully saturated rings. The summed E-state index contributed by atoms with van der Waals surface area (Å²) in [6.07, 6.45) is 0.542. The Morgan fingerprint density at radius 1 is 0.879 bits per heavy atom. The average molecular weight is 460 g/mol. The molecule has 0 aromatic heterocycles. The highest BCUT2D eigenvalue weighted by Crippen LogP contribution is 2.26. The van der Waals surface area contributed by atoms with Gasteiger partial charge in [-0.1, -0.05) is 54.1 Å². The zero-order valence-corrected chi connectivity index (χ0v) is 18.7. The number of aryl methyl sites for hydroxylation is 1. The van der Waals surface area contributed by atoms with E-state index in [-0.39, 0.29) is 23.2 Å². The molecule has 1 aliphatic rings. The monoisotopic (exact) mass is 459 g/mol. The highest BCUT2D eigenvalue weighted by molar-refractivity contribution is 6.48. The van der Waals surface area contributed by atoms with Crippen LogP contribution in [0, 0.1) is 6.92 Å². The minimum atomic E-state index is -0.519. The topological polar surface area (TPSA) is 78.5 Å². The van der Waals surface area contributed by atoms with Gasteiger partial charge in [-0.3, -0.25) is 19.3 Å². The molecule has 1 aliphatic heterocycles. The SMILES string of the molecule is Cc1cccc(NC(=O)c2ccc(NC3=C(Cl)C(=O)N(CCc4ccccc4)C3=O)cc2)c1. The fraction of sp³-hybridized carbons (Fsp3) is 0.115. The van der Waals surface area contributed by atoms with Crippen LogP contribution in [0.4, 0.5) is 11.4 Å². The number of nitrogens with zero attached hydrogens (tertiary/aromatic N) is 1. The van der Waals surface area contributed by atoms with E-state index in [1.165, 1.54) is 0 Å². The molecule has 0 bridgehead atoms. The van der Waals surface area contributed by atoms with Gasteiger partial charge in [0.05, 0.1) is 0 Å². The first-order valence-corrected chi connectivity index (χ1v) is 10.8. The Morgan fingerprint density at radius 3 is 2.30 bits per heavy atom. The van der Waals surface area contributed by atoms with E-state index in [1.54, 1.807) is 24.3 Å². The third kappa shape index (κ3) is 5.13. The van der Waals surface area contributed by atoms with Crippen LogP contribution in [0.15, 0.2) is 89.6 Å². The summed E-state index contributed by atoms with van der Waals surface area (Å²) in [5.74, 6) is -1.24. The van der Waals surface area contributed by atoms with Crippen molar-refractivity contribution >= 4 is 40.7 Å². The Bertz CT molecular complexity index is 1240. The Kier molecular flexibility index (Phi) is 6.56. The maximum Gasteiger partial charge on any atom is 0.278 e. The van der Waals surface area contributed by atoms with Crippen molar-refractivity contribution in [1.29, 1.82) is 0 Å². The summed E-state index contributed by atoms with van der Waals surface area (Å²) in [6.45, 7) is 2.19. The van der Waals surface area contributed by atoms with Gasteiger partial charge in [-0.15, -0.1) is 0 Å². The van der Waals surface area contributed by atoms with E-state index in [9.17, 15) is 14.4 Å². The van der Waals surface area contributed by atoms with Crippen molar-refractivity contribution in [2.24, 2.45) is 0 Å². The van der Waals surface area contributed by atoms with Crippen molar-refractivity contribution in [1.82, 2.24) is 4.90 Å². The van der Waals surface area contributed by atoms with Gasteiger partial charge >= 0.3 is 0 Å². The number of hydrogen-bond donors (Lipinski definition) is 2. The summed E-state index contributed by atoms with van der Waals surface area (Å²) < 4.78 is 0. The Labute approximate surface area is 196 Å². The van der Waals surface area contributed by atoms with Crippen LogP contribution in [0.25, 0.3) is 0 Å². The fourth-order valence-corrected chi connectivity index (χ4v) is 3.75. The molecule has 6 nitrogen and oxygen atoms in total. The van der Waals surface area contributed by atoms with E-state index in [4.69, 9.17) is 11.6 Å². The molecule has 2 N–H and O–H groups in total. The molecule has 0 aliphatic carbocycles. The smallest absolute Gasteiger partial charge is 0.278 e. The molecule has 4 rings (SSSR count). The molecular weight excluding hydrogens is 438 g/mol. The van der Waals surface area contributed by atoms with E-state index >= 15 is 0 Å². The zero-order valence-electron chi connectivity index (χ0n) is 18.0. The molecule has 0 unspecified atom stereocenters. The van der Waals surface area contributed by atoms with Crippen molar-refractivity contribution in [3.05, 3.63) is 106 Å². The van der Waals surface area contributed by atoms with Crippen molar-refractivity contribution in [2.75, 3.05) is 17.2 Å². The Hall–Kier alpha value is -3.90. The zero-order chi connectivity index (χ0) is 23.4. The van der Waals surface area contributed by atoms with E-state index in [1.807, 2.05) is 61.5 Å². The lowest BCUT2D eigenvalue weighted by Gasteiger charge is -2.15. The minimum Gasteiger partial charge on any atom is -0.350 e. The summed E-state index contributed by atoms with van der Waals surface area (Å²) in [5, 5.41) is 5.63. The van der Waals surface area contributed by atoms with E-state index in [0.29, 0.717) is 23.4 Å². The molecule has 0 radical (unpaired) electrons. The first-order chi connectivity index (χ1) is 15.9. The van der Waals surface area contributed by atoms with Crippen LogP contribution >= 0.6 is 11.6 Å². The van der Waals surface area contributed by atoms with Gasteiger partial charge in [0.25, 0.3) is 17.7 Å².